The van der Waals surface area contributed by atoms with E-state index in [0.717, 1.165) is 19.3 Å². The molecule has 1 unspecified atom stereocenters. The molecule has 0 radical (unpaired) electrons. The van der Waals surface area contributed by atoms with Crippen LogP contribution in [0, 0.1) is 0 Å². The van der Waals surface area contributed by atoms with E-state index in [-0.39, 0.29) is 23.7 Å². The van der Waals surface area contributed by atoms with Crippen molar-refractivity contribution in [3.63, 3.8) is 0 Å². The van der Waals surface area contributed by atoms with E-state index in [1.807, 2.05) is 13.8 Å². The molecule has 1 saturated heterocycles. The van der Waals surface area contributed by atoms with Crippen LogP contribution in [0.4, 0.5) is 0 Å². The maximum atomic E-state index is 11.8. The molecule has 1 aliphatic rings. The van der Waals surface area contributed by atoms with E-state index < -0.39 is 0 Å². The van der Waals surface area contributed by atoms with E-state index in [0.29, 0.717) is 37.8 Å². The summed E-state index contributed by atoms with van der Waals surface area (Å²) in [6.07, 6.45) is 2.84. The number of aromatic nitrogens is 2. The molecule has 1 aromatic heterocycles. The highest BCUT2D eigenvalue weighted by atomic mass is 16.5. The third kappa shape index (κ3) is 5.04. The van der Waals surface area contributed by atoms with Gasteiger partial charge in [0.15, 0.2) is 5.82 Å². The van der Waals surface area contributed by atoms with E-state index >= 15 is 0 Å². The predicted molar refractivity (Wildman–Crippen MR) is 84.9 cm³/mol. The summed E-state index contributed by atoms with van der Waals surface area (Å²) in [6.45, 7) is 7.31. The van der Waals surface area contributed by atoms with Crippen LogP contribution in [0.3, 0.4) is 0 Å². The van der Waals surface area contributed by atoms with Gasteiger partial charge in [0.2, 0.25) is 17.7 Å². The second-order valence-electron chi connectivity index (χ2n) is 6.38. The van der Waals surface area contributed by atoms with Crippen molar-refractivity contribution < 1.29 is 14.1 Å². The molecular weight excluding hydrogens is 296 g/mol. The van der Waals surface area contributed by atoms with E-state index in [1.54, 1.807) is 11.8 Å². The first kappa shape index (κ1) is 17.4. The van der Waals surface area contributed by atoms with Crippen LogP contribution in [0.1, 0.15) is 70.0 Å². The Hall–Kier alpha value is -1.92. The van der Waals surface area contributed by atoms with E-state index in [2.05, 4.69) is 15.5 Å². The van der Waals surface area contributed by atoms with Gasteiger partial charge in [0.05, 0.1) is 0 Å². The van der Waals surface area contributed by atoms with E-state index in [4.69, 9.17) is 4.52 Å². The molecule has 1 fully saturated rings. The van der Waals surface area contributed by atoms with Gasteiger partial charge >= 0.3 is 0 Å². The van der Waals surface area contributed by atoms with Crippen molar-refractivity contribution in [2.75, 3.05) is 19.6 Å². The molecule has 7 heteroatoms. The minimum atomic E-state index is -0.0229. The van der Waals surface area contributed by atoms with Gasteiger partial charge in [-0.05, 0) is 19.3 Å². The number of rotatable bonds is 2. The van der Waals surface area contributed by atoms with Gasteiger partial charge in [-0.3, -0.25) is 9.59 Å². The van der Waals surface area contributed by atoms with Gasteiger partial charge in [-0.25, -0.2) is 0 Å². The number of amides is 2. The predicted octanol–water partition coefficient (Wildman–Crippen LogP) is 1.82. The first-order valence-electron chi connectivity index (χ1n) is 8.33. The number of nitrogens with one attached hydrogen (secondary N) is 1. The van der Waals surface area contributed by atoms with Crippen LogP contribution in [-0.4, -0.2) is 46.5 Å². The zero-order valence-electron chi connectivity index (χ0n) is 14.2. The lowest BCUT2D eigenvalue weighted by Gasteiger charge is -2.20. The van der Waals surface area contributed by atoms with Crippen LogP contribution in [0.15, 0.2) is 4.52 Å². The molecule has 1 atom stereocenters. The number of hydrogen-bond acceptors (Lipinski definition) is 5. The van der Waals surface area contributed by atoms with Crippen molar-refractivity contribution in [3.8, 4) is 0 Å². The first-order valence-corrected chi connectivity index (χ1v) is 8.33. The summed E-state index contributed by atoms with van der Waals surface area (Å²) in [5.74, 6) is 1.67. The molecule has 2 amide bonds. The van der Waals surface area contributed by atoms with Gasteiger partial charge in [-0.2, -0.15) is 4.98 Å². The molecule has 2 rings (SSSR count). The number of hydrogen-bond donors (Lipinski definition) is 1. The van der Waals surface area contributed by atoms with Gasteiger partial charge in [0.25, 0.3) is 0 Å². The van der Waals surface area contributed by atoms with Gasteiger partial charge < -0.3 is 14.7 Å². The number of nitrogens with zero attached hydrogens (tertiary/aromatic N) is 3. The smallest absolute Gasteiger partial charge is 0.229 e. The zero-order valence-corrected chi connectivity index (χ0v) is 14.2. The van der Waals surface area contributed by atoms with Crippen molar-refractivity contribution in [2.45, 2.75) is 58.3 Å². The summed E-state index contributed by atoms with van der Waals surface area (Å²) in [6, 6.07) is 0. The van der Waals surface area contributed by atoms with Gasteiger partial charge in [-0.15, -0.1) is 0 Å². The van der Waals surface area contributed by atoms with Crippen LogP contribution in [0.5, 0.6) is 0 Å². The molecular formula is C16H26N4O3. The highest BCUT2D eigenvalue weighted by molar-refractivity contribution is 5.77. The lowest BCUT2D eigenvalue weighted by Crippen LogP contribution is -2.34. The normalized spacial score (nSPS) is 21.0. The number of carbonyl (C=O) groups is 2. The van der Waals surface area contributed by atoms with Crippen molar-refractivity contribution >= 4 is 11.8 Å². The fraction of sp³-hybridized carbons (Fsp3) is 0.750. The Morgan fingerprint density at radius 3 is 2.78 bits per heavy atom. The average Bonchev–Trinajstić information content (AvgIpc) is 2.96. The summed E-state index contributed by atoms with van der Waals surface area (Å²) >= 11 is 0. The Balaban J connectivity index is 2.06. The van der Waals surface area contributed by atoms with E-state index in [9.17, 15) is 9.59 Å². The highest BCUT2D eigenvalue weighted by Crippen LogP contribution is 2.25. The topological polar surface area (TPSA) is 88.3 Å². The third-order valence-electron chi connectivity index (χ3n) is 4.17. The zero-order chi connectivity index (χ0) is 16.8. The summed E-state index contributed by atoms with van der Waals surface area (Å²) in [5.41, 5.74) is 0. The van der Waals surface area contributed by atoms with Crippen molar-refractivity contribution in [1.82, 2.24) is 20.4 Å². The molecule has 0 aromatic carbocycles. The first-order chi connectivity index (χ1) is 11.0. The maximum absolute atomic E-state index is 11.8. The Morgan fingerprint density at radius 1 is 1.35 bits per heavy atom. The average molecular weight is 322 g/mol. The third-order valence-corrected chi connectivity index (χ3v) is 4.17. The standard InChI is InChI=1S/C16H26N4O3/c1-11(2)15-18-16(23-19-15)13-5-4-9-20(12(3)21)10-7-14(22)17-8-6-13/h11,13H,4-10H2,1-3H3,(H,17,22). The molecule has 1 N–H and O–H groups in total. The van der Waals surface area contributed by atoms with Crippen molar-refractivity contribution in [1.29, 1.82) is 0 Å². The molecule has 0 bridgehead atoms. The monoisotopic (exact) mass is 322 g/mol. The van der Waals surface area contributed by atoms with Gasteiger partial charge in [-0.1, -0.05) is 19.0 Å². The van der Waals surface area contributed by atoms with Crippen LogP contribution in [0.25, 0.3) is 0 Å². The second-order valence-corrected chi connectivity index (χ2v) is 6.38. The minimum absolute atomic E-state index is 0.00785. The highest BCUT2D eigenvalue weighted by Gasteiger charge is 2.22. The minimum Gasteiger partial charge on any atom is -0.356 e. The van der Waals surface area contributed by atoms with Crippen LogP contribution >= 0.6 is 0 Å². The van der Waals surface area contributed by atoms with Crippen LogP contribution < -0.4 is 5.32 Å². The molecule has 7 nitrogen and oxygen atoms in total. The van der Waals surface area contributed by atoms with Crippen molar-refractivity contribution in [2.24, 2.45) is 0 Å². The van der Waals surface area contributed by atoms with Gasteiger partial charge in [0.1, 0.15) is 0 Å². The second kappa shape index (κ2) is 8.08. The molecule has 1 aromatic rings. The number of carbonyl (C=O) groups excluding carboxylic acids is 2. The Labute approximate surface area is 136 Å². The largest absolute Gasteiger partial charge is 0.356 e. The Kier molecular flexibility index (Phi) is 6.12. The lowest BCUT2D eigenvalue weighted by atomic mass is 9.99. The SMILES string of the molecule is CC(=O)N1CCCC(c2nc(C(C)C)no2)CCNC(=O)CC1. The molecule has 0 spiro atoms. The summed E-state index contributed by atoms with van der Waals surface area (Å²) in [5, 5.41) is 6.93. The molecule has 2 heterocycles. The van der Waals surface area contributed by atoms with Crippen LogP contribution in [-0.2, 0) is 9.59 Å². The Morgan fingerprint density at radius 2 is 2.13 bits per heavy atom. The summed E-state index contributed by atoms with van der Waals surface area (Å²) in [4.78, 5) is 29.7. The fourth-order valence-corrected chi connectivity index (χ4v) is 2.70. The molecule has 1 aliphatic heterocycles. The lowest BCUT2D eigenvalue weighted by molar-refractivity contribution is -0.129. The van der Waals surface area contributed by atoms with E-state index in [1.165, 1.54) is 0 Å². The quantitative estimate of drug-likeness (QED) is 0.897. The molecule has 0 saturated carbocycles. The van der Waals surface area contributed by atoms with Crippen LogP contribution in [0.2, 0.25) is 0 Å². The molecule has 128 valence electrons. The molecule has 23 heavy (non-hydrogen) atoms. The summed E-state index contributed by atoms with van der Waals surface area (Å²) < 4.78 is 5.41. The Bertz CT molecular complexity index is 541. The molecule has 0 aliphatic carbocycles. The van der Waals surface area contributed by atoms with Crippen molar-refractivity contribution in [3.05, 3.63) is 11.7 Å². The maximum Gasteiger partial charge on any atom is 0.229 e. The van der Waals surface area contributed by atoms with Gasteiger partial charge in [0, 0.05) is 44.8 Å². The summed E-state index contributed by atoms with van der Waals surface area (Å²) in [7, 11) is 0. The fourth-order valence-electron chi connectivity index (χ4n) is 2.70.